The van der Waals surface area contributed by atoms with Crippen LogP contribution in [0.4, 0.5) is 23.0 Å². The van der Waals surface area contributed by atoms with Gasteiger partial charge in [0.15, 0.2) is 22.5 Å². The maximum Gasteiger partial charge on any atom is 0.272 e. The van der Waals surface area contributed by atoms with Crippen LogP contribution in [0.5, 0.6) is 0 Å². The van der Waals surface area contributed by atoms with Crippen LogP contribution in [0.3, 0.4) is 0 Å². The maximum absolute atomic E-state index is 13.1. The molecule has 3 heterocycles. The minimum atomic E-state index is -0.344. The average Bonchev–Trinajstić information content (AvgIpc) is 3.69. The highest BCUT2D eigenvalue weighted by Crippen LogP contribution is 2.32. The van der Waals surface area contributed by atoms with E-state index < -0.39 is 0 Å². The molecule has 3 aromatic rings. The summed E-state index contributed by atoms with van der Waals surface area (Å²) in [5.74, 6) is 0.705. The first kappa shape index (κ1) is 26.0. The van der Waals surface area contributed by atoms with Crippen LogP contribution >= 0.6 is 11.8 Å². The van der Waals surface area contributed by atoms with Crippen LogP contribution < -0.4 is 21.7 Å². The molecule has 2 amide bonds. The molecular weight excluding hydrogens is 502 g/mol. The molecule has 1 aliphatic heterocycles. The van der Waals surface area contributed by atoms with Crippen LogP contribution in [0.1, 0.15) is 48.3 Å². The molecule has 1 saturated heterocycles. The fourth-order valence-electron chi connectivity index (χ4n) is 4.26. The van der Waals surface area contributed by atoms with Gasteiger partial charge in [0.05, 0.1) is 0 Å². The molecule has 12 heteroatoms. The van der Waals surface area contributed by atoms with Gasteiger partial charge in [-0.2, -0.15) is 5.10 Å². The highest BCUT2D eigenvalue weighted by atomic mass is 32.2. The summed E-state index contributed by atoms with van der Waals surface area (Å²) in [5, 5.41) is 16.4. The zero-order chi connectivity index (χ0) is 26.5. The lowest BCUT2D eigenvalue weighted by Crippen LogP contribution is -2.38. The summed E-state index contributed by atoms with van der Waals surface area (Å²) in [7, 11) is 0. The number of nitrogen functional groups attached to an aromatic ring is 1. The Hall–Kier alpha value is -3.64. The van der Waals surface area contributed by atoms with Crippen LogP contribution in [0.2, 0.25) is 0 Å². The number of H-pyrrole nitrogens is 1. The number of carbonyl (C=O) groups excluding carboxylic acids is 2. The van der Waals surface area contributed by atoms with Gasteiger partial charge in [-0.1, -0.05) is 6.42 Å². The largest absolute Gasteiger partial charge is 0.394 e. The number of aromatic amines is 1. The van der Waals surface area contributed by atoms with Crippen molar-refractivity contribution >= 4 is 46.6 Å². The van der Waals surface area contributed by atoms with Gasteiger partial charge in [-0.25, -0.2) is 9.97 Å². The van der Waals surface area contributed by atoms with E-state index >= 15 is 0 Å². The Morgan fingerprint density at radius 2 is 1.89 bits per heavy atom. The lowest BCUT2D eigenvalue weighted by Gasteiger charge is -2.26. The molecular formula is C26H33N9O2S. The van der Waals surface area contributed by atoms with Crippen molar-refractivity contribution in [2.75, 3.05) is 42.5 Å². The van der Waals surface area contributed by atoms with Crippen molar-refractivity contribution in [3.05, 3.63) is 41.7 Å². The zero-order valence-corrected chi connectivity index (χ0v) is 22.2. The van der Waals surface area contributed by atoms with Gasteiger partial charge in [0.1, 0.15) is 5.69 Å². The van der Waals surface area contributed by atoms with Gasteiger partial charge in [-0.15, -0.1) is 0 Å². The second-order valence-corrected chi connectivity index (χ2v) is 10.8. The van der Waals surface area contributed by atoms with Crippen molar-refractivity contribution in [3.63, 3.8) is 0 Å². The quantitative estimate of drug-likeness (QED) is 0.245. The molecule has 2 aromatic heterocycles. The van der Waals surface area contributed by atoms with Crippen molar-refractivity contribution in [2.45, 2.75) is 49.1 Å². The summed E-state index contributed by atoms with van der Waals surface area (Å²) in [5.41, 5.74) is 8.26. The van der Waals surface area contributed by atoms with Crippen molar-refractivity contribution in [3.8, 4) is 0 Å². The molecule has 2 aliphatic rings. The lowest BCUT2D eigenvalue weighted by atomic mass is 10.1. The number of aromatic nitrogens is 4. The number of rotatable bonds is 10. The van der Waals surface area contributed by atoms with Crippen molar-refractivity contribution < 1.29 is 9.59 Å². The van der Waals surface area contributed by atoms with Gasteiger partial charge in [-0.3, -0.25) is 14.7 Å². The third-order valence-electron chi connectivity index (χ3n) is 6.53. The molecule has 0 bridgehead atoms. The summed E-state index contributed by atoms with van der Waals surface area (Å²) in [6.45, 7) is 5.32. The second-order valence-electron chi connectivity index (χ2n) is 9.73. The summed E-state index contributed by atoms with van der Waals surface area (Å²) < 4.78 is 0. The smallest absolute Gasteiger partial charge is 0.272 e. The summed E-state index contributed by atoms with van der Waals surface area (Å²) in [6.07, 6.45) is 5.57. The van der Waals surface area contributed by atoms with E-state index in [1.807, 2.05) is 37.3 Å². The van der Waals surface area contributed by atoms with Crippen LogP contribution in [0, 0.1) is 12.8 Å². The van der Waals surface area contributed by atoms with Gasteiger partial charge < -0.3 is 26.6 Å². The van der Waals surface area contributed by atoms with Gasteiger partial charge >= 0.3 is 0 Å². The van der Waals surface area contributed by atoms with Gasteiger partial charge in [0.25, 0.3) is 5.91 Å². The summed E-state index contributed by atoms with van der Waals surface area (Å²) in [4.78, 5) is 37.5. The monoisotopic (exact) mass is 535 g/mol. The Kier molecular flexibility index (Phi) is 8.08. The first-order valence-corrected chi connectivity index (χ1v) is 13.8. The number of likely N-dealkylation sites (tertiary alicyclic amines) is 1. The number of anilines is 4. The van der Waals surface area contributed by atoms with Crippen LogP contribution in [-0.4, -0.2) is 63.1 Å². The normalized spacial score (nSPS) is 15.7. The Morgan fingerprint density at radius 1 is 1.13 bits per heavy atom. The maximum atomic E-state index is 13.1. The van der Waals surface area contributed by atoms with E-state index in [1.54, 1.807) is 0 Å². The van der Waals surface area contributed by atoms with Crippen LogP contribution in [-0.2, 0) is 4.79 Å². The average molecular weight is 536 g/mol. The number of aryl methyl sites for hydroxylation is 1. The van der Waals surface area contributed by atoms with E-state index in [2.05, 4.69) is 41.0 Å². The number of benzene rings is 1. The molecule has 11 nitrogen and oxygen atoms in total. The van der Waals surface area contributed by atoms with E-state index in [-0.39, 0.29) is 29.1 Å². The van der Waals surface area contributed by atoms with Crippen molar-refractivity contribution in [1.29, 1.82) is 0 Å². The van der Waals surface area contributed by atoms with Crippen LogP contribution in [0.15, 0.2) is 40.4 Å². The first-order chi connectivity index (χ1) is 18.4. The first-order valence-electron chi connectivity index (χ1n) is 13.0. The number of nitrogens with zero attached hydrogens (tertiary/aromatic N) is 4. The minimum Gasteiger partial charge on any atom is -0.394 e. The molecule has 0 unspecified atom stereocenters. The molecule has 0 spiro atoms. The van der Waals surface area contributed by atoms with E-state index in [0.29, 0.717) is 23.3 Å². The van der Waals surface area contributed by atoms with Gasteiger partial charge in [-0.05, 0) is 81.7 Å². The second kappa shape index (κ2) is 11.8. The molecule has 6 N–H and O–H groups in total. The molecule has 0 atom stereocenters. The Bertz CT molecular complexity index is 1280. The predicted octanol–water partition coefficient (Wildman–Crippen LogP) is 3.55. The molecule has 0 radical (unpaired) electrons. The van der Waals surface area contributed by atoms with Gasteiger partial charge in [0, 0.05) is 41.4 Å². The van der Waals surface area contributed by atoms with E-state index in [1.165, 1.54) is 31.0 Å². The Morgan fingerprint density at radius 3 is 2.58 bits per heavy atom. The molecule has 38 heavy (non-hydrogen) atoms. The fraction of sp³-hybridized carbons (Fsp3) is 0.423. The lowest BCUT2D eigenvalue weighted by molar-refractivity contribution is -0.117. The van der Waals surface area contributed by atoms with Gasteiger partial charge in [0.2, 0.25) is 5.91 Å². The number of amides is 2. The van der Waals surface area contributed by atoms with E-state index in [9.17, 15) is 9.59 Å². The fourth-order valence-corrected chi connectivity index (χ4v) is 5.02. The molecule has 2 fully saturated rings. The number of piperidine rings is 1. The molecule has 1 aliphatic carbocycles. The highest BCUT2D eigenvalue weighted by Gasteiger charge is 2.29. The number of hydrogen-bond donors (Lipinski definition) is 5. The van der Waals surface area contributed by atoms with E-state index in [4.69, 9.17) is 5.73 Å². The third-order valence-corrected chi connectivity index (χ3v) is 7.41. The summed E-state index contributed by atoms with van der Waals surface area (Å²) >= 11 is 1.30. The number of nitrogens with one attached hydrogen (secondary N) is 4. The van der Waals surface area contributed by atoms with Crippen LogP contribution in [0.25, 0.3) is 0 Å². The molecule has 1 aromatic carbocycles. The molecule has 1 saturated carbocycles. The van der Waals surface area contributed by atoms with Crippen molar-refractivity contribution in [1.82, 2.24) is 30.4 Å². The molecule has 5 rings (SSSR count). The SMILES string of the molecule is Cc1cc(Nc2nc(Sc3ccc(NC(=O)C4CC4)cc3)nc(C(=O)NCCN3CCCCC3)c2N)n[nH]1. The Balaban J connectivity index is 1.31. The number of carbonyl (C=O) groups is 2. The predicted molar refractivity (Wildman–Crippen MR) is 148 cm³/mol. The third kappa shape index (κ3) is 6.81. The van der Waals surface area contributed by atoms with Crippen molar-refractivity contribution in [2.24, 2.45) is 5.92 Å². The van der Waals surface area contributed by atoms with E-state index in [0.717, 1.165) is 48.8 Å². The highest BCUT2D eigenvalue weighted by molar-refractivity contribution is 7.99. The standard InChI is InChI=1S/C26H33N9O2S/c1-16-15-20(34-33-16)30-23-21(27)22(25(37)28-11-14-35-12-3-2-4-13-35)31-26(32-23)38-19-9-7-18(8-10-19)29-24(36)17-5-6-17/h7-10,15,17H,2-6,11-14,27H2,1H3,(H,28,37)(H,29,36)(H2,30,31,32,33,34). The Labute approximate surface area is 225 Å². The minimum absolute atomic E-state index is 0.0625. The topological polar surface area (TPSA) is 154 Å². The molecule has 200 valence electrons. The number of nitrogens with two attached hydrogens (primary N) is 1. The summed E-state index contributed by atoms with van der Waals surface area (Å²) in [6, 6.07) is 9.28. The zero-order valence-electron chi connectivity index (χ0n) is 21.4. The number of hydrogen-bond acceptors (Lipinski definition) is 9.